The molecule has 138 valence electrons. The normalized spacial score (nSPS) is 17.9. The molecule has 1 saturated heterocycles. The molecule has 8 nitrogen and oxygen atoms in total. The summed E-state index contributed by atoms with van der Waals surface area (Å²) in [4.78, 5) is 0.161. The van der Waals surface area contributed by atoms with E-state index in [1.165, 1.54) is 19.5 Å². The second-order valence-electron chi connectivity index (χ2n) is 5.62. The van der Waals surface area contributed by atoms with Crippen LogP contribution in [0.25, 0.3) is 0 Å². The van der Waals surface area contributed by atoms with E-state index in [1.807, 2.05) is 0 Å². The van der Waals surface area contributed by atoms with Crippen molar-refractivity contribution >= 4 is 47.3 Å². The highest BCUT2D eigenvalue weighted by Crippen LogP contribution is 2.29. The highest BCUT2D eigenvalue weighted by atomic mass is 79.9. The Kier molecular flexibility index (Phi) is 5.12. The molecule has 3 heterocycles. The van der Waals surface area contributed by atoms with Crippen LogP contribution in [0.3, 0.4) is 0 Å². The van der Waals surface area contributed by atoms with E-state index in [-0.39, 0.29) is 35.3 Å². The summed E-state index contributed by atoms with van der Waals surface area (Å²) < 4.78 is 55.8. The Morgan fingerprint density at radius 3 is 2.04 bits per heavy atom. The lowest BCUT2D eigenvalue weighted by Crippen LogP contribution is -2.50. The summed E-state index contributed by atoms with van der Waals surface area (Å²) in [6.45, 7) is 2.11. The summed E-state index contributed by atoms with van der Waals surface area (Å²) in [6, 6.07) is 3.23. The molecular weight excluding hydrogens is 452 g/mol. The third-order valence-corrected chi connectivity index (χ3v) is 9.92. The first kappa shape index (κ1) is 19.0. The predicted molar refractivity (Wildman–Crippen MR) is 97.5 cm³/mol. The van der Waals surface area contributed by atoms with Crippen LogP contribution in [0.1, 0.15) is 5.69 Å². The van der Waals surface area contributed by atoms with Crippen LogP contribution >= 0.6 is 27.3 Å². The average molecular weight is 469 g/mol. The minimum atomic E-state index is -3.68. The van der Waals surface area contributed by atoms with E-state index in [9.17, 15) is 16.8 Å². The van der Waals surface area contributed by atoms with Gasteiger partial charge in [0.25, 0.3) is 10.0 Å². The zero-order valence-corrected chi connectivity index (χ0v) is 17.6. The molecule has 0 spiro atoms. The molecule has 2 aromatic rings. The molecule has 12 heteroatoms. The Hall–Kier alpha value is -0.790. The van der Waals surface area contributed by atoms with Gasteiger partial charge in [0.2, 0.25) is 10.0 Å². The van der Waals surface area contributed by atoms with Crippen molar-refractivity contribution in [3.63, 3.8) is 0 Å². The van der Waals surface area contributed by atoms with Gasteiger partial charge in [0.15, 0.2) is 0 Å². The highest BCUT2D eigenvalue weighted by Gasteiger charge is 2.35. The molecule has 0 aliphatic carbocycles. The molecule has 0 unspecified atom stereocenters. The zero-order chi connectivity index (χ0) is 18.4. The molecule has 1 fully saturated rings. The summed E-state index contributed by atoms with van der Waals surface area (Å²) in [5, 5.41) is 4.07. The van der Waals surface area contributed by atoms with Gasteiger partial charge in [0.1, 0.15) is 9.10 Å². The van der Waals surface area contributed by atoms with E-state index in [0.717, 1.165) is 15.1 Å². The van der Waals surface area contributed by atoms with Crippen molar-refractivity contribution in [3.05, 3.63) is 27.8 Å². The van der Waals surface area contributed by atoms with E-state index < -0.39 is 20.0 Å². The molecule has 0 atom stereocenters. The van der Waals surface area contributed by atoms with Gasteiger partial charge in [-0.15, -0.1) is 11.3 Å². The lowest BCUT2D eigenvalue weighted by molar-refractivity contribution is 0.273. The third kappa shape index (κ3) is 3.55. The summed E-state index contributed by atoms with van der Waals surface area (Å²) in [7, 11) is -5.61. The molecule has 0 radical (unpaired) electrons. The molecular formula is C13H17BrN4O4S3. The van der Waals surface area contributed by atoms with Gasteiger partial charge in [0.05, 0.1) is 9.48 Å². The summed E-state index contributed by atoms with van der Waals surface area (Å²) in [5.41, 5.74) is 0.431. The van der Waals surface area contributed by atoms with Crippen molar-refractivity contribution in [2.75, 3.05) is 26.2 Å². The Labute approximate surface area is 159 Å². The number of nitrogens with zero attached hydrogens (tertiary/aromatic N) is 4. The predicted octanol–water partition coefficient (Wildman–Crippen LogP) is 1.25. The minimum Gasteiger partial charge on any atom is -0.274 e. The first-order valence-corrected chi connectivity index (χ1v) is 11.9. The number of aryl methyl sites for hydroxylation is 2. The third-order valence-electron chi connectivity index (χ3n) is 3.93. The molecule has 2 aromatic heterocycles. The van der Waals surface area contributed by atoms with Crippen molar-refractivity contribution in [3.8, 4) is 0 Å². The second-order valence-corrected chi connectivity index (χ2v) is 12.2. The van der Waals surface area contributed by atoms with Crippen LogP contribution in [0.4, 0.5) is 0 Å². The molecule has 0 bridgehead atoms. The van der Waals surface area contributed by atoms with Gasteiger partial charge in [-0.3, -0.25) is 4.68 Å². The smallest absolute Gasteiger partial charge is 0.252 e. The van der Waals surface area contributed by atoms with Crippen LogP contribution in [-0.2, 0) is 27.1 Å². The van der Waals surface area contributed by atoms with E-state index in [0.29, 0.717) is 5.69 Å². The van der Waals surface area contributed by atoms with Crippen LogP contribution < -0.4 is 0 Å². The Morgan fingerprint density at radius 2 is 1.60 bits per heavy atom. The van der Waals surface area contributed by atoms with Crippen molar-refractivity contribution in [2.24, 2.45) is 7.05 Å². The maximum Gasteiger partial charge on any atom is 0.252 e. The van der Waals surface area contributed by atoms with E-state index in [2.05, 4.69) is 21.0 Å². The maximum absolute atomic E-state index is 12.8. The standard InChI is InChI=1S/C13H17BrN4O4S3/c1-10-11(9-16(2)15-10)24(19,20)17-5-7-18(8-6-17)25(21,22)13-4-3-12(14)23-13/h3-4,9H,5-8H2,1-2H3. The van der Waals surface area contributed by atoms with E-state index in [1.54, 1.807) is 26.1 Å². The van der Waals surface area contributed by atoms with Crippen molar-refractivity contribution in [1.82, 2.24) is 18.4 Å². The van der Waals surface area contributed by atoms with Gasteiger partial charge in [0, 0.05) is 39.4 Å². The largest absolute Gasteiger partial charge is 0.274 e. The number of hydrogen-bond donors (Lipinski definition) is 0. The SMILES string of the molecule is Cc1nn(C)cc1S(=O)(=O)N1CCN(S(=O)(=O)c2ccc(Br)s2)CC1. The Morgan fingerprint density at radius 1 is 1.04 bits per heavy atom. The number of piperazine rings is 1. The number of rotatable bonds is 4. The quantitative estimate of drug-likeness (QED) is 0.672. The lowest BCUT2D eigenvalue weighted by atomic mass is 10.4. The number of thiophene rings is 1. The van der Waals surface area contributed by atoms with Gasteiger partial charge in [-0.2, -0.15) is 13.7 Å². The van der Waals surface area contributed by atoms with Crippen LogP contribution in [-0.4, -0.2) is 61.4 Å². The summed E-state index contributed by atoms with van der Waals surface area (Å²) in [6.07, 6.45) is 1.47. The van der Waals surface area contributed by atoms with Gasteiger partial charge in [-0.05, 0) is 35.0 Å². The van der Waals surface area contributed by atoms with E-state index >= 15 is 0 Å². The van der Waals surface area contributed by atoms with Gasteiger partial charge < -0.3 is 0 Å². The Balaban J connectivity index is 1.77. The summed E-state index contributed by atoms with van der Waals surface area (Å²) in [5.74, 6) is 0. The topological polar surface area (TPSA) is 92.6 Å². The first-order valence-electron chi connectivity index (χ1n) is 7.38. The summed E-state index contributed by atoms with van der Waals surface area (Å²) >= 11 is 4.40. The fraction of sp³-hybridized carbons (Fsp3) is 0.462. The number of hydrogen-bond acceptors (Lipinski definition) is 6. The fourth-order valence-corrected chi connectivity index (χ4v) is 7.89. The molecule has 0 saturated carbocycles. The van der Waals surface area contributed by atoms with Gasteiger partial charge in [-0.25, -0.2) is 16.8 Å². The van der Waals surface area contributed by atoms with Crippen LogP contribution in [0.2, 0.25) is 0 Å². The molecule has 1 aliphatic heterocycles. The van der Waals surface area contributed by atoms with Crippen molar-refractivity contribution in [2.45, 2.75) is 16.0 Å². The molecule has 25 heavy (non-hydrogen) atoms. The number of halogens is 1. The monoisotopic (exact) mass is 468 g/mol. The van der Waals surface area contributed by atoms with Gasteiger partial charge in [-0.1, -0.05) is 0 Å². The minimum absolute atomic E-state index is 0.114. The number of sulfonamides is 2. The lowest BCUT2D eigenvalue weighted by Gasteiger charge is -2.32. The maximum atomic E-state index is 12.8. The van der Waals surface area contributed by atoms with E-state index in [4.69, 9.17) is 0 Å². The van der Waals surface area contributed by atoms with Crippen molar-refractivity contribution < 1.29 is 16.8 Å². The number of aromatic nitrogens is 2. The molecule has 3 rings (SSSR count). The Bertz CT molecular complexity index is 988. The second kappa shape index (κ2) is 6.74. The first-order chi connectivity index (χ1) is 11.6. The zero-order valence-electron chi connectivity index (χ0n) is 13.6. The average Bonchev–Trinajstić information content (AvgIpc) is 3.13. The van der Waals surface area contributed by atoms with Crippen LogP contribution in [0.15, 0.2) is 31.2 Å². The molecule has 0 N–H and O–H groups in total. The van der Waals surface area contributed by atoms with Crippen LogP contribution in [0.5, 0.6) is 0 Å². The molecule has 0 amide bonds. The fourth-order valence-electron chi connectivity index (χ4n) is 2.68. The van der Waals surface area contributed by atoms with Crippen LogP contribution in [0, 0.1) is 6.92 Å². The highest BCUT2D eigenvalue weighted by molar-refractivity contribution is 9.11. The molecule has 0 aromatic carbocycles. The van der Waals surface area contributed by atoms with Gasteiger partial charge >= 0.3 is 0 Å². The van der Waals surface area contributed by atoms with Crippen molar-refractivity contribution in [1.29, 1.82) is 0 Å². The molecule has 1 aliphatic rings.